The van der Waals surface area contributed by atoms with Gasteiger partial charge in [-0.15, -0.1) is 0 Å². The second kappa shape index (κ2) is 9.23. The molecule has 0 amide bonds. The van der Waals surface area contributed by atoms with Crippen molar-refractivity contribution in [2.24, 2.45) is 0 Å². The topological polar surface area (TPSA) is 44.0 Å². The summed E-state index contributed by atoms with van der Waals surface area (Å²) in [6.07, 6.45) is 0.750. The first-order valence-corrected chi connectivity index (χ1v) is 0.447. The fourth-order valence-corrected chi connectivity index (χ4v) is 0. The van der Waals surface area contributed by atoms with E-state index in [0.29, 0.717) is 0 Å². The molecule has 0 saturated carbocycles. The van der Waals surface area contributed by atoms with Gasteiger partial charge in [-0.05, 0) is 0 Å². The third kappa shape index (κ3) is 14.6. The third-order valence-corrected chi connectivity index (χ3v) is 0. The van der Waals surface area contributed by atoms with E-state index in [2.05, 4.69) is 0 Å². The second-order valence-corrected chi connectivity index (χ2v) is 0.100. The van der Waals surface area contributed by atoms with Gasteiger partial charge in [-0.2, -0.15) is 5.26 Å². The van der Waals surface area contributed by atoms with Crippen molar-refractivity contribution in [3.63, 3.8) is 0 Å². The van der Waals surface area contributed by atoms with Crippen LogP contribution in [-0.2, 0) is 0 Å². The van der Waals surface area contributed by atoms with E-state index in [1.54, 1.807) is 0 Å². The Bertz CT molecular complexity index is 29.5. The van der Waals surface area contributed by atoms with Crippen LogP contribution in [0.2, 0.25) is 0 Å². The molecule has 0 radical (unpaired) electrons. The van der Waals surface area contributed by atoms with Gasteiger partial charge in [-0.3, -0.25) is 0 Å². The molecular formula is CH3NOSr. The molecule has 0 aromatic heterocycles. The molecule has 2 nitrogen and oxygen atoms in total. The number of hydrogen-bond acceptors (Lipinski definition) is 2. The van der Waals surface area contributed by atoms with E-state index in [-0.39, 0.29) is 45.5 Å². The molecule has 0 unspecified atom stereocenters. The van der Waals surface area contributed by atoms with Gasteiger partial charge in [0.1, 0.15) is 0 Å². The minimum absolute atomic E-state index is 0. The zero-order chi connectivity index (χ0) is 2.71. The molecule has 0 aromatic rings. The summed E-state index contributed by atoms with van der Waals surface area (Å²) in [6.45, 7) is 0. The van der Waals surface area contributed by atoms with E-state index in [0.717, 1.165) is 6.26 Å². The number of rotatable bonds is 0. The van der Waals surface area contributed by atoms with Crippen LogP contribution in [0.3, 0.4) is 0 Å². The average molecular weight is 133 g/mol. The molecule has 0 saturated heterocycles. The van der Waals surface area contributed by atoms with Crippen LogP contribution >= 0.6 is 0 Å². The fraction of sp³-hybridized carbons (Fsp3) is 0. The van der Waals surface area contributed by atoms with Crippen molar-refractivity contribution in [3.05, 3.63) is 0 Å². The minimum atomic E-state index is 0. The van der Waals surface area contributed by atoms with Crippen molar-refractivity contribution >= 4 is 45.5 Å². The monoisotopic (exact) mass is 133 g/mol. The molecule has 0 aliphatic rings. The molecule has 0 rings (SSSR count). The summed E-state index contributed by atoms with van der Waals surface area (Å²) >= 11 is 0. The van der Waals surface area contributed by atoms with Gasteiger partial charge in [0.05, 0.1) is 0 Å². The van der Waals surface area contributed by atoms with Crippen LogP contribution in [0, 0.1) is 11.5 Å². The van der Waals surface area contributed by atoms with Crippen LogP contribution < -0.4 is 0 Å². The zero-order valence-corrected chi connectivity index (χ0v) is 1.39. The van der Waals surface area contributed by atoms with E-state index < -0.39 is 0 Å². The summed E-state index contributed by atoms with van der Waals surface area (Å²) in [7, 11) is 0. The summed E-state index contributed by atoms with van der Waals surface area (Å²) in [5.74, 6) is 0. The van der Waals surface area contributed by atoms with Crippen LogP contribution in [0.15, 0.2) is 0 Å². The molecule has 0 atom stereocenters. The third-order valence-electron chi connectivity index (χ3n) is 0. The first kappa shape index (κ1) is 8.84. The summed E-state index contributed by atoms with van der Waals surface area (Å²) in [6, 6.07) is 0. The zero-order valence-electron chi connectivity index (χ0n) is 1.39. The Morgan fingerprint density at radius 2 is 1.75 bits per heavy atom. The standard InChI is InChI=1S/CHNO.Sr.2H/c2-1-3;;;/h3H;;;. The fourth-order valence-electron chi connectivity index (χ4n) is 0. The van der Waals surface area contributed by atoms with Crippen LogP contribution in [0.4, 0.5) is 0 Å². The molecule has 20 valence electrons. The van der Waals surface area contributed by atoms with E-state index in [1.165, 1.54) is 0 Å². The number of aliphatic hydroxyl groups excluding tert-OH is 1. The van der Waals surface area contributed by atoms with Gasteiger partial charge in [-0.25, -0.2) is 0 Å². The normalized spacial score (nSPS) is 1.75. The Hall–Kier alpha value is 0.771. The van der Waals surface area contributed by atoms with E-state index >= 15 is 0 Å². The van der Waals surface area contributed by atoms with Crippen molar-refractivity contribution in [3.8, 4) is 6.26 Å². The predicted molar refractivity (Wildman–Crippen MR) is 16.1 cm³/mol. The van der Waals surface area contributed by atoms with Crippen LogP contribution in [0.25, 0.3) is 0 Å². The quantitative estimate of drug-likeness (QED) is 0.337. The summed E-state index contributed by atoms with van der Waals surface area (Å²) < 4.78 is 0. The molecule has 0 aliphatic carbocycles. The Labute approximate surface area is 61.3 Å². The van der Waals surface area contributed by atoms with Gasteiger partial charge < -0.3 is 5.11 Å². The SMILES string of the molecule is N#CO.[SrH2]. The van der Waals surface area contributed by atoms with Crippen molar-refractivity contribution in [2.45, 2.75) is 0 Å². The molecule has 0 fully saturated rings. The van der Waals surface area contributed by atoms with Gasteiger partial charge in [-0.1, -0.05) is 0 Å². The van der Waals surface area contributed by atoms with Crippen molar-refractivity contribution < 1.29 is 5.11 Å². The van der Waals surface area contributed by atoms with Gasteiger partial charge >= 0.3 is 45.5 Å². The van der Waals surface area contributed by atoms with Gasteiger partial charge in [0.15, 0.2) is 0 Å². The first-order chi connectivity index (χ1) is 1.41. The molecule has 0 spiro atoms. The van der Waals surface area contributed by atoms with Crippen LogP contribution in [0.5, 0.6) is 0 Å². The number of hydrogen-bond donors (Lipinski definition) is 1. The second-order valence-electron chi connectivity index (χ2n) is 0.100. The Morgan fingerprint density at radius 1 is 1.75 bits per heavy atom. The van der Waals surface area contributed by atoms with Crippen LogP contribution in [-0.4, -0.2) is 50.6 Å². The first-order valence-electron chi connectivity index (χ1n) is 0.447. The van der Waals surface area contributed by atoms with Gasteiger partial charge in [0, 0.05) is 0 Å². The Kier molecular flexibility index (Phi) is 20.4. The Morgan fingerprint density at radius 3 is 1.75 bits per heavy atom. The molecule has 0 aliphatic heterocycles. The molecule has 0 bridgehead atoms. The Balaban J connectivity index is 0. The summed E-state index contributed by atoms with van der Waals surface area (Å²) in [5.41, 5.74) is 0. The molecule has 0 aromatic carbocycles. The predicted octanol–water partition coefficient (Wildman–Crippen LogP) is -1.08. The maximum atomic E-state index is 6.88. The molecular weight excluding hydrogens is 130 g/mol. The van der Waals surface area contributed by atoms with E-state index in [9.17, 15) is 0 Å². The molecule has 0 heterocycles. The maximum absolute atomic E-state index is 6.88. The number of nitriles is 1. The van der Waals surface area contributed by atoms with Crippen LogP contribution in [0.1, 0.15) is 0 Å². The number of aliphatic hydroxyl groups is 1. The van der Waals surface area contributed by atoms with Gasteiger partial charge in [0.2, 0.25) is 0 Å². The van der Waals surface area contributed by atoms with Crippen molar-refractivity contribution in [2.75, 3.05) is 0 Å². The molecule has 4 heavy (non-hydrogen) atoms. The number of nitrogens with zero attached hydrogens (tertiary/aromatic N) is 1. The average Bonchev–Trinajstić information content (AvgIpc) is 0.918. The summed E-state index contributed by atoms with van der Waals surface area (Å²) in [4.78, 5) is 0. The van der Waals surface area contributed by atoms with E-state index in [1.807, 2.05) is 0 Å². The molecule has 1 N–H and O–H groups in total. The van der Waals surface area contributed by atoms with E-state index in [4.69, 9.17) is 10.4 Å². The van der Waals surface area contributed by atoms with Gasteiger partial charge in [0.25, 0.3) is 6.26 Å². The molecule has 3 heteroatoms. The van der Waals surface area contributed by atoms with Crippen molar-refractivity contribution in [1.29, 1.82) is 5.26 Å². The summed E-state index contributed by atoms with van der Waals surface area (Å²) in [5, 5.41) is 13.8. The van der Waals surface area contributed by atoms with Crippen molar-refractivity contribution in [1.82, 2.24) is 0 Å².